The Balaban J connectivity index is 1.86. The van der Waals surface area contributed by atoms with E-state index in [1.54, 1.807) is 6.07 Å². The van der Waals surface area contributed by atoms with E-state index in [2.05, 4.69) is 36.5 Å². The van der Waals surface area contributed by atoms with Gasteiger partial charge >= 0.3 is 0 Å². The first-order valence-electron chi connectivity index (χ1n) is 6.73. The number of nitrogens with one attached hydrogen (secondary N) is 1. The molecule has 1 atom stereocenters. The molecule has 0 aromatic heterocycles. The van der Waals surface area contributed by atoms with E-state index in [-0.39, 0.29) is 0 Å². The highest BCUT2D eigenvalue weighted by Crippen LogP contribution is 2.35. The molecule has 0 saturated heterocycles. The number of nitriles is 1. The number of anilines is 1. The third-order valence-corrected chi connectivity index (χ3v) is 4.12. The Labute approximate surface area is 124 Å². The second kappa shape index (κ2) is 5.19. The van der Waals surface area contributed by atoms with Gasteiger partial charge in [0, 0.05) is 5.69 Å². The van der Waals surface area contributed by atoms with E-state index >= 15 is 0 Å². The zero-order valence-corrected chi connectivity index (χ0v) is 12.0. The van der Waals surface area contributed by atoms with Crippen LogP contribution in [0.5, 0.6) is 0 Å². The van der Waals surface area contributed by atoms with E-state index in [1.807, 2.05) is 12.1 Å². The van der Waals surface area contributed by atoms with Gasteiger partial charge in [-0.2, -0.15) is 5.26 Å². The van der Waals surface area contributed by atoms with E-state index in [0.29, 0.717) is 16.6 Å². The van der Waals surface area contributed by atoms with Crippen molar-refractivity contribution in [1.29, 1.82) is 5.26 Å². The molecule has 0 radical (unpaired) electrons. The standard InChI is InChI=1S/C17H15ClN2/c1-11-2-3-12-5-7-17(15(12)8-11)20-14-6-4-13(10-19)16(18)9-14/h2-4,6,8-9,17,20H,5,7H2,1H3. The van der Waals surface area contributed by atoms with Crippen molar-refractivity contribution in [2.75, 3.05) is 5.32 Å². The first-order chi connectivity index (χ1) is 9.67. The van der Waals surface area contributed by atoms with Crippen LogP contribution in [0.15, 0.2) is 36.4 Å². The Hall–Kier alpha value is -1.98. The highest BCUT2D eigenvalue weighted by Gasteiger charge is 2.22. The molecule has 2 nitrogen and oxygen atoms in total. The molecular weight excluding hydrogens is 268 g/mol. The maximum Gasteiger partial charge on any atom is 0.101 e. The van der Waals surface area contributed by atoms with Gasteiger partial charge in [0.1, 0.15) is 6.07 Å². The Bertz CT molecular complexity index is 701. The third kappa shape index (κ3) is 2.37. The molecule has 3 heteroatoms. The predicted molar refractivity (Wildman–Crippen MR) is 82.0 cm³/mol. The average Bonchev–Trinajstić information content (AvgIpc) is 2.82. The molecule has 1 aliphatic carbocycles. The van der Waals surface area contributed by atoms with Crippen LogP contribution >= 0.6 is 11.6 Å². The highest BCUT2D eigenvalue weighted by atomic mass is 35.5. The number of benzene rings is 2. The summed E-state index contributed by atoms with van der Waals surface area (Å²) in [6.45, 7) is 2.12. The summed E-state index contributed by atoms with van der Waals surface area (Å²) in [5.74, 6) is 0. The lowest BCUT2D eigenvalue weighted by molar-refractivity contribution is 0.762. The lowest BCUT2D eigenvalue weighted by atomic mass is 10.0. The molecule has 3 rings (SSSR count). The maximum absolute atomic E-state index is 8.90. The molecule has 0 heterocycles. The largest absolute Gasteiger partial charge is 0.378 e. The highest BCUT2D eigenvalue weighted by molar-refractivity contribution is 6.32. The van der Waals surface area contributed by atoms with Crippen molar-refractivity contribution in [2.45, 2.75) is 25.8 Å². The van der Waals surface area contributed by atoms with E-state index in [4.69, 9.17) is 16.9 Å². The minimum absolute atomic E-state index is 0.328. The van der Waals surface area contributed by atoms with Crippen LogP contribution < -0.4 is 5.32 Å². The van der Waals surface area contributed by atoms with Gasteiger partial charge in [-0.05, 0) is 49.1 Å². The average molecular weight is 283 g/mol. The van der Waals surface area contributed by atoms with Crippen molar-refractivity contribution in [1.82, 2.24) is 0 Å². The molecule has 0 bridgehead atoms. The molecule has 2 aromatic carbocycles. The zero-order chi connectivity index (χ0) is 14.1. The summed E-state index contributed by atoms with van der Waals surface area (Å²) in [6.07, 6.45) is 2.20. The fourth-order valence-electron chi connectivity index (χ4n) is 2.77. The maximum atomic E-state index is 8.90. The van der Waals surface area contributed by atoms with Gasteiger partial charge in [0.15, 0.2) is 0 Å². The Morgan fingerprint density at radius 2 is 2.10 bits per heavy atom. The summed E-state index contributed by atoms with van der Waals surface area (Å²) in [5, 5.41) is 12.9. The van der Waals surface area contributed by atoms with E-state index in [0.717, 1.165) is 18.5 Å². The number of rotatable bonds is 2. The van der Waals surface area contributed by atoms with Crippen LogP contribution in [0, 0.1) is 18.3 Å². The molecule has 0 aliphatic heterocycles. The molecule has 0 fully saturated rings. The summed E-state index contributed by atoms with van der Waals surface area (Å²) in [6, 6.07) is 14.6. The molecule has 100 valence electrons. The molecular formula is C17H15ClN2. The first kappa shape index (κ1) is 13.0. The summed E-state index contributed by atoms with van der Waals surface area (Å²) in [7, 11) is 0. The number of hydrogen-bond acceptors (Lipinski definition) is 2. The van der Waals surface area contributed by atoms with Crippen molar-refractivity contribution in [3.05, 3.63) is 63.7 Å². The number of hydrogen-bond donors (Lipinski definition) is 1. The van der Waals surface area contributed by atoms with Crippen LogP contribution in [0.1, 0.15) is 34.7 Å². The van der Waals surface area contributed by atoms with Gasteiger partial charge in [-0.25, -0.2) is 0 Å². The van der Waals surface area contributed by atoms with Crippen LogP contribution in [-0.2, 0) is 6.42 Å². The van der Waals surface area contributed by atoms with Gasteiger partial charge in [-0.1, -0.05) is 35.4 Å². The molecule has 1 aliphatic rings. The third-order valence-electron chi connectivity index (χ3n) is 3.81. The van der Waals surface area contributed by atoms with E-state index < -0.39 is 0 Å². The SMILES string of the molecule is Cc1ccc2c(c1)C(Nc1ccc(C#N)c(Cl)c1)CC2. The van der Waals surface area contributed by atoms with Crippen LogP contribution in [0.3, 0.4) is 0 Å². The van der Waals surface area contributed by atoms with Crippen molar-refractivity contribution in [3.8, 4) is 6.07 Å². The van der Waals surface area contributed by atoms with E-state index in [1.165, 1.54) is 16.7 Å². The number of aryl methyl sites for hydroxylation is 2. The first-order valence-corrected chi connectivity index (χ1v) is 7.11. The fourth-order valence-corrected chi connectivity index (χ4v) is 2.99. The number of halogens is 1. The summed E-state index contributed by atoms with van der Waals surface area (Å²) in [5.41, 5.74) is 5.57. The number of fused-ring (bicyclic) bond motifs is 1. The van der Waals surface area contributed by atoms with Crippen LogP contribution in [0.4, 0.5) is 5.69 Å². The van der Waals surface area contributed by atoms with Gasteiger partial charge in [0.05, 0.1) is 16.6 Å². The fraction of sp³-hybridized carbons (Fsp3) is 0.235. The van der Waals surface area contributed by atoms with Crippen molar-refractivity contribution in [3.63, 3.8) is 0 Å². The lowest BCUT2D eigenvalue weighted by Gasteiger charge is -2.16. The molecule has 0 spiro atoms. The van der Waals surface area contributed by atoms with Gasteiger partial charge in [0.25, 0.3) is 0 Å². The monoisotopic (exact) mass is 282 g/mol. The molecule has 0 amide bonds. The van der Waals surface area contributed by atoms with Gasteiger partial charge < -0.3 is 5.32 Å². The normalized spacial score (nSPS) is 16.6. The topological polar surface area (TPSA) is 35.8 Å². The zero-order valence-electron chi connectivity index (χ0n) is 11.3. The quantitative estimate of drug-likeness (QED) is 0.872. The Morgan fingerprint density at radius 3 is 2.85 bits per heavy atom. The minimum atomic E-state index is 0.328. The minimum Gasteiger partial charge on any atom is -0.378 e. The summed E-state index contributed by atoms with van der Waals surface area (Å²) in [4.78, 5) is 0. The van der Waals surface area contributed by atoms with Crippen molar-refractivity contribution >= 4 is 17.3 Å². The Morgan fingerprint density at radius 1 is 1.25 bits per heavy atom. The lowest BCUT2D eigenvalue weighted by Crippen LogP contribution is -2.07. The molecule has 2 aromatic rings. The predicted octanol–water partition coefficient (Wildman–Crippen LogP) is 4.62. The second-order valence-electron chi connectivity index (χ2n) is 5.24. The summed E-state index contributed by atoms with van der Waals surface area (Å²) < 4.78 is 0. The molecule has 0 saturated carbocycles. The number of nitrogens with zero attached hydrogens (tertiary/aromatic N) is 1. The molecule has 1 unspecified atom stereocenters. The second-order valence-corrected chi connectivity index (χ2v) is 5.65. The smallest absolute Gasteiger partial charge is 0.101 e. The van der Waals surface area contributed by atoms with Crippen molar-refractivity contribution in [2.24, 2.45) is 0 Å². The van der Waals surface area contributed by atoms with Gasteiger partial charge in [-0.3, -0.25) is 0 Å². The van der Waals surface area contributed by atoms with E-state index in [9.17, 15) is 0 Å². The molecule has 20 heavy (non-hydrogen) atoms. The van der Waals surface area contributed by atoms with Crippen LogP contribution in [0.2, 0.25) is 5.02 Å². The van der Waals surface area contributed by atoms with Gasteiger partial charge in [0.2, 0.25) is 0 Å². The molecule has 1 N–H and O–H groups in total. The van der Waals surface area contributed by atoms with Crippen LogP contribution in [0.25, 0.3) is 0 Å². The van der Waals surface area contributed by atoms with Crippen LogP contribution in [-0.4, -0.2) is 0 Å². The summed E-state index contributed by atoms with van der Waals surface area (Å²) >= 11 is 6.08. The van der Waals surface area contributed by atoms with Crippen molar-refractivity contribution < 1.29 is 0 Å². The Kier molecular flexibility index (Phi) is 3.38. The van der Waals surface area contributed by atoms with Gasteiger partial charge in [-0.15, -0.1) is 0 Å².